The highest BCUT2D eigenvalue weighted by Gasteiger charge is 2.16. The maximum atomic E-state index is 12.3. The summed E-state index contributed by atoms with van der Waals surface area (Å²) in [4.78, 5) is 24.6. The molecule has 404 valence electrons. The Bertz CT molecular complexity index is 994. The molecule has 0 aromatic carbocycles. The maximum absolute atomic E-state index is 12.3. The first-order valence-corrected chi connectivity index (χ1v) is 31.2. The number of hydrogen-bond donors (Lipinski definition) is 1. The van der Waals surface area contributed by atoms with Crippen molar-refractivity contribution >= 4 is 11.9 Å². The summed E-state index contributed by atoms with van der Waals surface area (Å²) in [5.41, 5.74) is 0. The van der Waals surface area contributed by atoms with Gasteiger partial charge in [0.2, 0.25) is 0 Å². The fraction of sp³-hybridized carbons (Fsp3) is 0.937. The molecule has 1 atom stereocenters. The van der Waals surface area contributed by atoms with Gasteiger partial charge in [0.15, 0.2) is 6.10 Å². The SMILES string of the molecule is CCCCCCCCCC/C=C\CCCCCCCCCCCCCCCCCC(=O)OC(CO)COC(=O)CCCCCCCCCCCCCCCCCCCCCCCCCCCCC. The predicted molar refractivity (Wildman–Crippen MR) is 298 cm³/mol. The zero-order valence-electron chi connectivity index (χ0n) is 46.4. The van der Waals surface area contributed by atoms with Crippen molar-refractivity contribution in [2.45, 2.75) is 367 Å². The zero-order chi connectivity index (χ0) is 49.2. The molecule has 5 heteroatoms. The molecule has 0 saturated heterocycles. The molecule has 0 radical (unpaired) electrons. The number of allylic oxidation sites excluding steroid dienone is 2. The summed E-state index contributed by atoms with van der Waals surface area (Å²) in [7, 11) is 0. The molecule has 0 bridgehead atoms. The van der Waals surface area contributed by atoms with Crippen LogP contribution in [0.3, 0.4) is 0 Å². The molecule has 1 N–H and O–H groups in total. The standard InChI is InChI=1S/C63H122O5/c1-3-5-7-9-11-13-15-17-19-21-23-25-27-29-31-33-35-37-39-41-43-45-47-49-51-53-55-57-62(65)67-60-61(59-64)68-63(66)58-56-54-52-50-48-46-44-42-40-38-36-34-32-30-28-26-24-22-20-18-16-14-12-10-8-6-4-2/h22,24,61,64H,3-21,23,25-60H2,1-2H3/b24-22-. The third-order valence-corrected chi connectivity index (χ3v) is 14.6. The highest BCUT2D eigenvalue weighted by Crippen LogP contribution is 2.18. The first-order valence-electron chi connectivity index (χ1n) is 31.2. The van der Waals surface area contributed by atoms with Gasteiger partial charge in [-0.2, -0.15) is 0 Å². The predicted octanol–water partition coefficient (Wildman–Crippen LogP) is 21.1. The zero-order valence-corrected chi connectivity index (χ0v) is 46.4. The Balaban J connectivity index is 3.39. The number of hydrogen-bond acceptors (Lipinski definition) is 5. The largest absolute Gasteiger partial charge is 0.462 e. The van der Waals surface area contributed by atoms with Gasteiger partial charge in [-0.15, -0.1) is 0 Å². The minimum absolute atomic E-state index is 0.0574. The molecule has 0 spiro atoms. The third kappa shape index (κ3) is 57.2. The van der Waals surface area contributed by atoms with Crippen LogP contribution in [0.5, 0.6) is 0 Å². The Kier molecular flexibility index (Phi) is 58.7. The first kappa shape index (κ1) is 66.6. The summed E-state index contributed by atoms with van der Waals surface area (Å²) in [5, 5.41) is 9.67. The minimum Gasteiger partial charge on any atom is -0.462 e. The van der Waals surface area contributed by atoms with Crippen molar-refractivity contribution in [2.75, 3.05) is 13.2 Å². The molecule has 0 aromatic heterocycles. The lowest BCUT2D eigenvalue weighted by Crippen LogP contribution is -2.28. The number of aliphatic hydroxyl groups is 1. The van der Waals surface area contributed by atoms with Gasteiger partial charge in [0.25, 0.3) is 0 Å². The molecule has 0 aromatic rings. The third-order valence-electron chi connectivity index (χ3n) is 14.6. The van der Waals surface area contributed by atoms with E-state index in [-0.39, 0.29) is 25.2 Å². The highest BCUT2D eigenvalue weighted by molar-refractivity contribution is 5.70. The van der Waals surface area contributed by atoms with Crippen LogP contribution in [0.1, 0.15) is 361 Å². The Labute approximate surface area is 426 Å². The van der Waals surface area contributed by atoms with E-state index < -0.39 is 6.10 Å². The van der Waals surface area contributed by atoms with E-state index in [9.17, 15) is 14.7 Å². The van der Waals surface area contributed by atoms with Crippen molar-refractivity contribution in [1.29, 1.82) is 0 Å². The average Bonchev–Trinajstić information content (AvgIpc) is 3.34. The summed E-state index contributed by atoms with van der Waals surface area (Å²) >= 11 is 0. The summed E-state index contributed by atoms with van der Waals surface area (Å²) in [5.74, 6) is -0.565. The normalized spacial score (nSPS) is 12.1. The number of rotatable bonds is 59. The smallest absolute Gasteiger partial charge is 0.306 e. The van der Waals surface area contributed by atoms with Crippen molar-refractivity contribution in [1.82, 2.24) is 0 Å². The molecule has 0 heterocycles. The molecule has 0 aliphatic carbocycles. The second-order valence-corrected chi connectivity index (χ2v) is 21.5. The Morgan fingerprint density at radius 2 is 0.544 bits per heavy atom. The van der Waals surface area contributed by atoms with Crippen molar-refractivity contribution in [3.05, 3.63) is 12.2 Å². The van der Waals surface area contributed by atoms with Gasteiger partial charge in [-0.25, -0.2) is 0 Å². The van der Waals surface area contributed by atoms with Gasteiger partial charge in [0.1, 0.15) is 6.61 Å². The number of ether oxygens (including phenoxy) is 2. The van der Waals surface area contributed by atoms with Crippen LogP contribution in [-0.4, -0.2) is 36.4 Å². The van der Waals surface area contributed by atoms with Crippen LogP contribution in [0.2, 0.25) is 0 Å². The van der Waals surface area contributed by atoms with Crippen LogP contribution in [0.4, 0.5) is 0 Å². The molecular weight excluding hydrogens is 837 g/mol. The fourth-order valence-corrected chi connectivity index (χ4v) is 9.85. The summed E-state index contributed by atoms with van der Waals surface area (Å²) in [6, 6.07) is 0. The Hall–Kier alpha value is -1.36. The lowest BCUT2D eigenvalue weighted by molar-refractivity contribution is -0.161. The van der Waals surface area contributed by atoms with Crippen LogP contribution >= 0.6 is 0 Å². The van der Waals surface area contributed by atoms with E-state index in [4.69, 9.17) is 9.47 Å². The van der Waals surface area contributed by atoms with Gasteiger partial charge in [0, 0.05) is 12.8 Å². The van der Waals surface area contributed by atoms with Gasteiger partial charge in [-0.1, -0.05) is 321 Å². The van der Waals surface area contributed by atoms with Crippen molar-refractivity contribution in [3.8, 4) is 0 Å². The summed E-state index contributed by atoms with van der Waals surface area (Å²) in [6.07, 6.45) is 75.0. The van der Waals surface area contributed by atoms with Gasteiger partial charge >= 0.3 is 11.9 Å². The van der Waals surface area contributed by atoms with E-state index in [0.717, 1.165) is 32.1 Å². The molecule has 0 fully saturated rings. The number of aliphatic hydroxyl groups excluding tert-OH is 1. The molecule has 0 saturated carbocycles. The van der Waals surface area contributed by atoms with E-state index in [2.05, 4.69) is 26.0 Å². The molecule has 68 heavy (non-hydrogen) atoms. The van der Waals surface area contributed by atoms with Gasteiger partial charge in [0.05, 0.1) is 6.61 Å². The Morgan fingerprint density at radius 1 is 0.324 bits per heavy atom. The second-order valence-electron chi connectivity index (χ2n) is 21.5. The summed E-state index contributed by atoms with van der Waals surface area (Å²) < 4.78 is 10.7. The maximum Gasteiger partial charge on any atom is 0.306 e. The van der Waals surface area contributed by atoms with Crippen LogP contribution in [0.25, 0.3) is 0 Å². The number of esters is 2. The van der Waals surface area contributed by atoms with Crippen LogP contribution < -0.4 is 0 Å². The fourth-order valence-electron chi connectivity index (χ4n) is 9.85. The number of carbonyl (C=O) groups is 2. The molecule has 5 nitrogen and oxygen atoms in total. The van der Waals surface area contributed by atoms with Gasteiger partial charge < -0.3 is 14.6 Å². The van der Waals surface area contributed by atoms with Gasteiger partial charge in [-0.3, -0.25) is 9.59 Å². The first-order chi connectivity index (χ1) is 33.6. The number of unbranched alkanes of at least 4 members (excludes halogenated alkanes) is 49. The number of carbonyl (C=O) groups excluding carboxylic acids is 2. The van der Waals surface area contributed by atoms with Crippen LogP contribution in [-0.2, 0) is 19.1 Å². The molecule has 0 aliphatic rings. The van der Waals surface area contributed by atoms with E-state index in [1.54, 1.807) is 0 Å². The quantitative estimate of drug-likeness (QED) is 0.0374. The second kappa shape index (κ2) is 59.9. The monoisotopic (exact) mass is 959 g/mol. The van der Waals surface area contributed by atoms with E-state index >= 15 is 0 Å². The molecule has 1 unspecified atom stereocenters. The van der Waals surface area contributed by atoms with Crippen molar-refractivity contribution in [2.24, 2.45) is 0 Å². The van der Waals surface area contributed by atoms with Crippen LogP contribution in [0.15, 0.2) is 12.2 Å². The van der Waals surface area contributed by atoms with Crippen LogP contribution in [0, 0.1) is 0 Å². The highest BCUT2D eigenvalue weighted by atomic mass is 16.6. The van der Waals surface area contributed by atoms with E-state index in [0.29, 0.717) is 12.8 Å². The Morgan fingerprint density at radius 3 is 0.794 bits per heavy atom. The van der Waals surface area contributed by atoms with Gasteiger partial charge in [-0.05, 0) is 38.5 Å². The van der Waals surface area contributed by atoms with E-state index in [1.807, 2.05) is 0 Å². The lowest BCUT2D eigenvalue weighted by atomic mass is 10.0. The molecule has 0 aliphatic heterocycles. The van der Waals surface area contributed by atoms with Crippen molar-refractivity contribution in [3.63, 3.8) is 0 Å². The van der Waals surface area contributed by atoms with E-state index in [1.165, 1.54) is 302 Å². The molecule has 0 rings (SSSR count). The average molecular weight is 960 g/mol. The lowest BCUT2D eigenvalue weighted by Gasteiger charge is -2.15. The minimum atomic E-state index is -0.767. The molecular formula is C63H122O5. The topological polar surface area (TPSA) is 72.8 Å². The molecule has 0 amide bonds. The van der Waals surface area contributed by atoms with Crippen molar-refractivity contribution < 1.29 is 24.2 Å². The summed E-state index contributed by atoms with van der Waals surface area (Å²) in [6.45, 7) is 4.21.